The van der Waals surface area contributed by atoms with Gasteiger partial charge in [0.25, 0.3) is 0 Å². The van der Waals surface area contributed by atoms with Crippen LogP contribution in [0.4, 0.5) is 4.79 Å². The first-order valence-corrected chi connectivity index (χ1v) is 14.3. The molecule has 1 aliphatic heterocycles. The normalized spacial score (nSPS) is 17.0. The summed E-state index contributed by atoms with van der Waals surface area (Å²) in [6.45, 7) is 4.02. The first-order valence-electron chi connectivity index (χ1n) is 14.3. The van der Waals surface area contributed by atoms with Crippen molar-refractivity contribution in [3.8, 4) is 11.1 Å². The van der Waals surface area contributed by atoms with E-state index >= 15 is 0 Å². The minimum absolute atomic E-state index is 0.0784. The first-order chi connectivity index (χ1) is 20.0. The molecule has 1 amide bonds. The summed E-state index contributed by atoms with van der Waals surface area (Å²) in [7, 11) is 1.25. The summed E-state index contributed by atoms with van der Waals surface area (Å²) in [6, 6.07) is 24.8. The topological polar surface area (TPSA) is 93.1 Å². The van der Waals surface area contributed by atoms with Crippen molar-refractivity contribution in [1.82, 2.24) is 4.90 Å². The van der Waals surface area contributed by atoms with Gasteiger partial charge in [0.1, 0.15) is 12.0 Å². The van der Waals surface area contributed by atoms with Crippen molar-refractivity contribution in [2.24, 2.45) is 5.41 Å². The zero-order valence-corrected chi connectivity index (χ0v) is 24.0. The molecule has 3 aromatic carbocycles. The number of benzene rings is 3. The number of hydrogen-bond acceptors (Lipinski definition) is 6. The Kier molecular flexibility index (Phi) is 9.95. The first kappa shape index (κ1) is 30.0. The number of esters is 1. The fourth-order valence-corrected chi connectivity index (χ4v) is 6.03. The van der Waals surface area contributed by atoms with Crippen LogP contribution in [0.3, 0.4) is 0 Å². The van der Waals surface area contributed by atoms with E-state index in [2.05, 4.69) is 24.3 Å². The Labute approximate surface area is 242 Å². The Balaban J connectivity index is 0.00000189. The van der Waals surface area contributed by atoms with Gasteiger partial charge in [0.05, 0.1) is 19.8 Å². The third-order valence-corrected chi connectivity index (χ3v) is 8.01. The molecule has 3 aromatic rings. The highest BCUT2D eigenvalue weighted by Gasteiger charge is 2.45. The number of amides is 1. The van der Waals surface area contributed by atoms with Crippen LogP contribution >= 0.6 is 0 Å². The molecule has 1 N–H and O–H groups in total. The van der Waals surface area contributed by atoms with E-state index < -0.39 is 30.1 Å². The third-order valence-electron chi connectivity index (χ3n) is 8.01. The maximum Gasteiger partial charge on any atom is 0.410 e. The molecule has 0 spiro atoms. The van der Waals surface area contributed by atoms with Crippen molar-refractivity contribution in [2.45, 2.75) is 51.5 Å². The molecule has 41 heavy (non-hydrogen) atoms. The molecule has 5 rings (SSSR count). The van der Waals surface area contributed by atoms with E-state index in [0.29, 0.717) is 19.4 Å². The van der Waals surface area contributed by atoms with Crippen molar-refractivity contribution in [3.05, 3.63) is 95.6 Å². The van der Waals surface area contributed by atoms with E-state index in [1.165, 1.54) is 12.0 Å². The number of rotatable bonds is 9. The molecule has 2 atom stereocenters. The lowest BCUT2D eigenvalue weighted by Crippen LogP contribution is -2.46. The molecule has 1 saturated heterocycles. The number of likely N-dealkylation sites (tertiary alicyclic amines) is 1. The van der Waals surface area contributed by atoms with Crippen molar-refractivity contribution in [1.29, 1.82) is 0 Å². The molecule has 1 aliphatic carbocycles. The standard InChI is InChI=1S/C32H33NO6.C2H6/c1-38-30(36)32(21-34,18-22-10-3-2-4-11-22)19-29(35)28-16-9-17-33(28)31(37)39-20-27-25-14-7-5-12-23(25)24-13-6-8-15-26(24)27;1-2/h2-8,10-15,27-28,34H,9,16-21H2,1H3;1-2H3/t28?,32-;/m1./s1. The summed E-state index contributed by atoms with van der Waals surface area (Å²) < 4.78 is 10.8. The van der Waals surface area contributed by atoms with Crippen LogP contribution in [0, 0.1) is 5.41 Å². The summed E-state index contributed by atoms with van der Waals surface area (Å²) in [6.07, 6.45) is 0.521. The zero-order valence-electron chi connectivity index (χ0n) is 24.0. The van der Waals surface area contributed by atoms with Gasteiger partial charge in [-0.25, -0.2) is 4.79 Å². The monoisotopic (exact) mass is 557 g/mol. The lowest BCUT2D eigenvalue weighted by Gasteiger charge is -2.31. The molecule has 7 nitrogen and oxygen atoms in total. The number of hydrogen-bond donors (Lipinski definition) is 1. The Morgan fingerprint density at radius 3 is 2.07 bits per heavy atom. The van der Waals surface area contributed by atoms with Crippen LogP contribution in [-0.2, 0) is 25.5 Å². The van der Waals surface area contributed by atoms with Crippen molar-refractivity contribution < 1.29 is 29.0 Å². The lowest BCUT2D eigenvalue weighted by atomic mass is 9.76. The average molecular weight is 558 g/mol. The Bertz CT molecular complexity index is 1310. The summed E-state index contributed by atoms with van der Waals surface area (Å²) in [4.78, 5) is 41.1. The molecule has 1 heterocycles. The number of methoxy groups -OCH3 is 1. The largest absolute Gasteiger partial charge is 0.469 e. The number of aliphatic hydroxyl groups excluding tert-OH is 1. The van der Waals surface area contributed by atoms with E-state index in [1.54, 1.807) is 0 Å². The number of aliphatic hydroxyl groups is 1. The van der Waals surface area contributed by atoms with E-state index in [0.717, 1.165) is 27.8 Å². The molecule has 0 aromatic heterocycles. The Morgan fingerprint density at radius 1 is 0.902 bits per heavy atom. The Hall–Kier alpha value is -3.97. The maximum atomic E-state index is 13.6. The molecule has 216 valence electrons. The highest BCUT2D eigenvalue weighted by Crippen LogP contribution is 2.44. The SMILES string of the molecule is CC.COC(=O)[C@@](CO)(CC(=O)C1CCCN1C(=O)OCC1c2ccccc2-c2ccccc21)Cc1ccccc1. The van der Waals surface area contributed by atoms with E-state index in [9.17, 15) is 19.5 Å². The van der Waals surface area contributed by atoms with Crippen LogP contribution in [-0.4, -0.2) is 60.8 Å². The van der Waals surface area contributed by atoms with Crippen molar-refractivity contribution in [3.63, 3.8) is 0 Å². The van der Waals surface area contributed by atoms with Crippen LogP contribution in [0.1, 0.15) is 55.7 Å². The Morgan fingerprint density at radius 2 is 1.49 bits per heavy atom. The quantitative estimate of drug-likeness (QED) is 0.335. The predicted octanol–water partition coefficient (Wildman–Crippen LogP) is 5.78. The maximum absolute atomic E-state index is 13.6. The number of fused-ring (bicyclic) bond motifs is 3. The molecule has 0 bridgehead atoms. The van der Waals surface area contributed by atoms with E-state index in [4.69, 9.17) is 9.47 Å². The minimum atomic E-state index is -1.43. The second kappa shape index (κ2) is 13.6. The molecule has 1 fully saturated rings. The number of carbonyl (C=O) groups excluding carboxylic acids is 3. The number of Topliss-reactive ketones (excluding diaryl/α,β-unsaturated/α-hetero) is 1. The molecule has 0 saturated carbocycles. The minimum Gasteiger partial charge on any atom is -0.469 e. The number of nitrogens with zero attached hydrogens (tertiary/aromatic N) is 1. The van der Waals surface area contributed by atoms with Gasteiger partial charge in [-0.2, -0.15) is 0 Å². The van der Waals surface area contributed by atoms with Crippen LogP contribution in [0.2, 0.25) is 0 Å². The highest BCUT2D eigenvalue weighted by atomic mass is 16.6. The molecular formula is C34H39NO6. The van der Waals surface area contributed by atoms with Crippen LogP contribution in [0.25, 0.3) is 11.1 Å². The molecule has 0 radical (unpaired) electrons. The fourth-order valence-electron chi connectivity index (χ4n) is 6.03. The van der Waals surface area contributed by atoms with Gasteiger partial charge in [0.2, 0.25) is 0 Å². The number of ketones is 1. The van der Waals surface area contributed by atoms with Crippen molar-refractivity contribution in [2.75, 3.05) is 26.9 Å². The summed E-state index contributed by atoms with van der Waals surface area (Å²) in [5, 5.41) is 10.3. The van der Waals surface area contributed by atoms with E-state index in [1.807, 2.05) is 68.4 Å². The smallest absolute Gasteiger partial charge is 0.410 e. The van der Waals surface area contributed by atoms with Crippen LogP contribution in [0.15, 0.2) is 78.9 Å². The number of carbonyl (C=O) groups is 3. The zero-order chi connectivity index (χ0) is 29.4. The van der Waals surface area contributed by atoms with Crippen molar-refractivity contribution >= 4 is 17.8 Å². The van der Waals surface area contributed by atoms with E-state index in [-0.39, 0.29) is 31.1 Å². The summed E-state index contributed by atoms with van der Waals surface area (Å²) in [5.74, 6) is -1.00. The van der Waals surface area contributed by atoms with Gasteiger partial charge in [-0.1, -0.05) is 92.7 Å². The number of ether oxygens (including phenoxy) is 2. The van der Waals surface area contributed by atoms with Gasteiger partial charge in [-0.05, 0) is 47.1 Å². The molecule has 1 unspecified atom stereocenters. The summed E-state index contributed by atoms with van der Waals surface area (Å²) in [5.41, 5.74) is 3.90. The van der Waals surface area contributed by atoms with Gasteiger partial charge >= 0.3 is 12.1 Å². The van der Waals surface area contributed by atoms with Gasteiger partial charge in [-0.3, -0.25) is 14.5 Å². The molecule has 7 heteroatoms. The second-order valence-electron chi connectivity index (χ2n) is 10.4. The third kappa shape index (κ3) is 6.20. The average Bonchev–Trinajstić information content (AvgIpc) is 3.64. The van der Waals surface area contributed by atoms with Gasteiger partial charge in [0.15, 0.2) is 5.78 Å². The highest BCUT2D eigenvalue weighted by molar-refractivity contribution is 5.92. The van der Waals surface area contributed by atoms with Gasteiger partial charge in [-0.15, -0.1) is 0 Å². The van der Waals surface area contributed by atoms with Crippen LogP contribution < -0.4 is 0 Å². The second-order valence-corrected chi connectivity index (χ2v) is 10.4. The molecular weight excluding hydrogens is 518 g/mol. The van der Waals surface area contributed by atoms with Crippen LogP contribution in [0.5, 0.6) is 0 Å². The fraction of sp³-hybridized carbons (Fsp3) is 0.382. The van der Waals surface area contributed by atoms with Gasteiger partial charge in [0, 0.05) is 18.9 Å². The van der Waals surface area contributed by atoms with Gasteiger partial charge < -0.3 is 14.6 Å². The lowest BCUT2D eigenvalue weighted by molar-refractivity contribution is -0.158. The predicted molar refractivity (Wildman–Crippen MR) is 157 cm³/mol. The molecule has 2 aliphatic rings. The summed E-state index contributed by atoms with van der Waals surface area (Å²) >= 11 is 0.